The molecule has 13 rings (SSSR count). The lowest BCUT2D eigenvalue weighted by Crippen LogP contribution is -2.45. The van der Waals surface area contributed by atoms with Crippen LogP contribution in [0.5, 0.6) is 11.5 Å². The highest BCUT2D eigenvalue weighted by atomic mass is 32.2. The summed E-state index contributed by atoms with van der Waals surface area (Å²) >= 11 is 0. The molecular formula is C96H145N11O5S. The second-order valence-corrected chi connectivity index (χ2v) is 35.9. The maximum absolute atomic E-state index is 12.3. The van der Waals surface area contributed by atoms with Crippen LogP contribution in [-0.2, 0) is 9.71 Å². The molecule has 6 aromatic carbocycles. The molecule has 1 unspecified atom stereocenters. The summed E-state index contributed by atoms with van der Waals surface area (Å²) in [6, 6.07) is 53.2. The number of likely N-dealkylation sites (tertiary alicyclic amines) is 1. The van der Waals surface area contributed by atoms with Crippen molar-refractivity contribution in [1.82, 2.24) is 44.8 Å². The number of likely N-dealkylation sites (N-methyl/N-ethyl adjacent to an activating group) is 3. The van der Waals surface area contributed by atoms with Gasteiger partial charge in [0.25, 0.3) is 11.8 Å². The van der Waals surface area contributed by atoms with Crippen molar-refractivity contribution in [3.8, 4) is 11.5 Å². The smallest absolute Gasteiger partial charge is 0.270 e. The summed E-state index contributed by atoms with van der Waals surface area (Å²) in [5.41, 5.74) is 14.7. The van der Waals surface area contributed by atoms with Gasteiger partial charge >= 0.3 is 0 Å². The largest absolute Gasteiger partial charge is 0.492 e. The van der Waals surface area contributed by atoms with Crippen LogP contribution in [0, 0.1) is 6.92 Å². The minimum Gasteiger partial charge on any atom is -0.492 e. The second kappa shape index (κ2) is 47.4. The number of nitrogens with zero attached hydrogens (tertiary/aromatic N) is 8. The second-order valence-electron chi connectivity index (χ2n) is 33.9. The zero-order chi connectivity index (χ0) is 82.2. The van der Waals surface area contributed by atoms with E-state index in [2.05, 4.69) is 277 Å². The number of amides is 2. The Kier molecular flexibility index (Phi) is 38.8. The topological polar surface area (TPSA) is 141 Å². The Hall–Kier alpha value is -7.61. The molecule has 0 radical (unpaired) electrons. The summed E-state index contributed by atoms with van der Waals surface area (Å²) in [6.07, 6.45) is 8.94. The molecule has 2 aliphatic carbocycles. The van der Waals surface area contributed by atoms with Gasteiger partial charge in [-0.25, -0.2) is 8.93 Å². The van der Waals surface area contributed by atoms with Crippen molar-refractivity contribution in [2.24, 2.45) is 0 Å². The minimum atomic E-state index is -2.29. The van der Waals surface area contributed by atoms with Gasteiger partial charge in [-0.3, -0.25) is 24.4 Å². The van der Waals surface area contributed by atoms with Gasteiger partial charge < -0.3 is 44.6 Å². The van der Waals surface area contributed by atoms with Crippen molar-refractivity contribution < 1.29 is 23.3 Å². The van der Waals surface area contributed by atoms with Crippen molar-refractivity contribution in [2.45, 2.75) is 201 Å². The summed E-state index contributed by atoms with van der Waals surface area (Å²) in [5.74, 6) is 9.61. The predicted octanol–water partition coefficient (Wildman–Crippen LogP) is 18.0. The van der Waals surface area contributed by atoms with Crippen LogP contribution >= 0.6 is 0 Å². The molecule has 6 fully saturated rings. The van der Waals surface area contributed by atoms with E-state index < -0.39 is 9.71 Å². The Bertz CT molecular complexity index is 3940. The van der Waals surface area contributed by atoms with Gasteiger partial charge in [-0.15, -0.1) is 0 Å². The molecule has 4 saturated heterocycles. The molecule has 7 aromatic rings. The van der Waals surface area contributed by atoms with E-state index in [1.54, 1.807) is 19.3 Å². The van der Waals surface area contributed by atoms with Crippen LogP contribution in [0.25, 0.3) is 0 Å². The third-order valence-corrected chi connectivity index (χ3v) is 23.7. The van der Waals surface area contributed by atoms with Crippen molar-refractivity contribution in [2.75, 3.05) is 156 Å². The lowest BCUT2D eigenvalue weighted by molar-refractivity contribution is 0.0942. The lowest BCUT2D eigenvalue weighted by Gasteiger charge is -2.35. The molecule has 0 bridgehead atoms. The molecule has 3 N–H and O–H groups in total. The quantitative estimate of drug-likeness (QED) is 0.0524. The highest BCUT2D eigenvalue weighted by molar-refractivity contribution is 7.98. The van der Waals surface area contributed by atoms with Gasteiger partial charge in [0.2, 0.25) is 0 Å². The van der Waals surface area contributed by atoms with Gasteiger partial charge in [-0.1, -0.05) is 176 Å². The number of anilines is 2. The Morgan fingerprint density at radius 2 is 0.814 bits per heavy atom. The summed E-state index contributed by atoms with van der Waals surface area (Å²) in [5, 5.41) is 5.51. The number of piperazine rings is 3. The van der Waals surface area contributed by atoms with Gasteiger partial charge in [0.05, 0.1) is 9.71 Å². The monoisotopic (exact) mass is 1560 g/mol. The standard InChI is InChI=1S/C16H26N2O.C15H24N2.C15H23NO.C14H22N2.C13H19NOS.C12H16N2O.C11H15NO/c1-14(2)15-4-6-16(7-5-15)19-13-12-18-10-8-17(3)9-11-18;1-12(2)14-5-6-15(13(3)11-14)17-9-7-16(4)8-10-17;1-13(2)14-5-7-15(8-6-14)17-12-11-16-9-3-4-10-16;1-12(2)13-4-6-14(7-5-13)16-10-8-15(3)9-11-16;1-10(2)11-4-8-13(9-5-11)16(3,15)14-12-6-7-12;1-8(2)9-3-6-11(13-7-9)12(15)14-10-4-5-10;1-8(2)9-4-6-10(7-5-9)11(13)12-3/h4-7,14H,8-13H2,1-3H3;5-6,11-12H,7-10H2,1-4H3;5-8,13H,3-4,9-12H2,1-2H3;4-7,12H,8-11H2,1-3H3;4-5,8-10,12H,3,6-7H2,1-2H3,(H,14,15);3,6-8,10H,4-5H2,1-2H3,(H,14,15);4-8H,1-3H3,(H,12,13). The zero-order valence-electron chi connectivity index (χ0n) is 72.9. The number of carbonyl (C=O) groups is 2. The van der Waals surface area contributed by atoms with Crippen LogP contribution in [0.1, 0.15) is 242 Å². The molecule has 2 saturated carbocycles. The molecule has 1 atom stereocenters. The van der Waals surface area contributed by atoms with Crippen molar-refractivity contribution in [3.63, 3.8) is 0 Å². The first kappa shape index (κ1) is 92.6. The van der Waals surface area contributed by atoms with E-state index in [0.717, 1.165) is 113 Å². The number of pyridine rings is 1. The normalized spacial score (nSPS) is 16.8. The first-order valence-electron chi connectivity index (χ1n) is 42.4. The third kappa shape index (κ3) is 33.3. The molecular weight excluding hydrogens is 1420 g/mol. The Balaban J connectivity index is 0.000000183. The van der Waals surface area contributed by atoms with Gasteiger partial charge in [-0.05, 0) is 244 Å². The molecule has 17 heteroatoms. The molecule has 620 valence electrons. The van der Waals surface area contributed by atoms with E-state index in [1.807, 2.05) is 54.6 Å². The Labute approximate surface area is 684 Å². The van der Waals surface area contributed by atoms with Crippen LogP contribution in [-0.4, -0.2) is 210 Å². The molecule has 1 aromatic heterocycles. The van der Waals surface area contributed by atoms with E-state index in [0.29, 0.717) is 64.8 Å². The summed E-state index contributed by atoms with van der Waals surface area (Å²) in [7, 11) is 5.93. The number of ether oxygens (including phenoxy) is 2. The van der Waals surface area contributed by atoms with Crippen LogP contribution in [0.2, 0.25) is 0 Å². The van der Waals surface area contributed by atoms with Crippen molar-refractivity contribution in [1.29, 1.82) is 0 Å². The Morgan fingerprint density at radius 1 is 0.442 bits per heavy atom. The average molecular weight is 1570 g/mol. The highest BCUT2D eigenvalue weighted by Gasteiger charge is 2.26. The fourth-order valence-corrected chi connectivity index (χ4v) is 14.8. The maximum Gasteiger partial charge on any atom is 0.270 e. The fourth-order valence-electron chi connectivity index (χ4n) is 13.3. The number of benzene rings is 6. The first-order chi connectivity index (χ1) is 53.9. The first-order valence-corrected chi connectivity index (χ1v) is 44.2. The van der Waals surface area contributed by atoms with Gasteiger partial charge in [0.15, 0.2) is 0 Å². The molecule has 6 aliphatic rings. The lowest BCUT2D eigenvalue weighted by atomic mass is 9.99. The van der Waals surface area contributed by atoms with Gasteiger partial charge in [-0.2, -0.15) is 0 Å². The number of nitrogens with one attached hydrogen (secondary N) is 3. The molecule has 4 aliphatic heterocycles. The van der Waals surface area contributed by atoms with E-state index in [9.17, 15) is 13.8 Å². The van der Waals surface area contributed by atoms with Gasteiger partial charge in [0, 0.05) is 139 Å². The fraction of sp³-hybridized carbons (Fsp3) is 0.542. The van der Waals surface area contributed by atoms with Crippen LogP contribution in [0.3, 0.4) is 0 Å². The number of carbonyl (C=O) groups excluding carboxylic acids is 2. The molecule has 2 amide bonds. The van der Waals surface area contributed by atoms with Crippen LogP contribution in [0.15, 0.2) is 163 Å². The Morgan fingerprint density at radius 3 is 1.20 bits per heavy atom. The molecule has 16 nitrogen and oxygen atoms in total. The average Bonchev–Trinajstić information content (AvgIpc) is 1.75. The molecule has 113 heavy (non-hydrogen) atoms. The number of rotatable bonds is 23. The predicted molar refractivity (Wildman–Crippen MR) is 480 cm³/mol. The number of aromatic nitrogens is 1. The van der Waals surface area contributed by atoms with E-state index in [4.69, 9.17) is 9.47 Å². The number of hydrogen-bond donors (Lipinski definition) is 3. The van der Waals surface area contributed by atoms with Crippen LogP contribution in [0.4, 0.5) is 11.4 Å². The summed E-state index contributed by atoms with van der Waals surface area (Å²) in [6.45, 7) is 53.0. The minimum absolute atomic E-state index is 0.0321. The summed E-state index contributed by atoms with van der Waals surface area (Å²) < 4.78 is 27.0. The van der Waals surface area contributed by atoms with E-state index in [-0.39, 0.29) is 11.8 Å². The van der Waals surface area contributed by atoms with Crippen LogP contribution < -0.4 is 34.6 Å². The van der Waals surface area contributed by atoms with Crippen molar-refractivity contribution in [3.05, 3.63) is 214 Å². The molecule has 5 heterocycles. The SMILES string of the molecule is C=S(=O)(NC1CC1)c1ccc(C(C)C)cc1.CC(C)c1ccc(C(=O)NC2CC2)nc1.CC(C)c1ccc(N2CCN(C)CC2)cc1.CC(C)c1ccc(OCCN2CCCC2)cc1.CC(C)c1ccc(OCCN2CCN(C)CC2)cc1.CNC(=O)c1ccc(C(C)C)cc1.Cc1cc(C(C)C)ccc1N1CCN(C)CC1. The number of hydrogen-bond acceptors (Lipinski definition) is 13. The van der Waals surface area contributed by atoms with E-state index in [1.165, 1.54) is 116 Å². The van der Waals surface area contributed by atoms with E-state index >= 15 is 0 Å². The zero-order valence-corrected chi connectivity index (χ0v) is 73.7. The highest BCUT2D eigenvalue weighted by Crippen LogP contribution is 2.29. The van der Waals surface area contributed by atoms with Crippen molar-refractivity contribution >= 4 is 38.8 Å². The number of aryl methyl sites for hydroxylation is 1. The molecule has 0 spiro atoms. The maximum atomic E-state index is 12.3. The summed E-state index contributed by atoms with van der Waals surface area (Å²) in [4.78, 5) is 44.9. The third-order valence-electron chi connectivity index (χ3n) is 21.9. The van der Waals surface area contributed by atoms with Gasteiger partial charge in [0.1, 0.15) is 30.4 Å².